The third-order valence-electron chi connectivity index (χ3n) is 5.11. The van der Waals surface area contributed by atoms with E-state index in [0.29, 0.717) is 17.9 Å². The van der Waals surface area contributed by atoms with E-state index in [1.54, 1.807) is 0 Å². The minimum Gasteiger partial charge on any atom is -0.343 e. The van der Waals surface area contributed by atoms with Crippen LogP contribution in [0.15, 0.2) is 0 Å². The summed E-state index contributed by atoms with van der Waals surface area (Å²) in [5, 5.41) is 3.43. The number of rotatable bonds is 5. The van der Waals surface area contributed by atoms with E-state index in [-0.39, 0.29) is 0 Å². The fourth-order valence-electron chi connectivity index (χ4n) is 3.50. The first-order valence-electron chi connectivity index (χ1n) is 8.39. The first-order valence-corrected chi connectivity index (χ1v) is 8.39. The standard InChI is InChI=1S/C16H31N3O/c1-3-19-11-8-15(9-12-19)18(2)16(20)7-6-14-5-4-10-17-13-14/h14-15,17H,3-13H2,1-2H3. The summed E-state index contributed by atoms with van der Waals surface area (Å²) in [6, 6.07) is 0.467. The van der Waals surface area contributed by atoms with E-state index in [9.17, 15) is 4.79 Å². The molecule has 116 valence electrons. The molecule has 0 aromatic rings. The van der Waals surface area contributed by atoms with Crippen LogP contribution in [-0.4, -0.2) is 61.5 Å². The Labute approximate surface area is 123 Å². The number of carbonyl (C=O) groups is 1. The SMILES string of the molecule is CCN1CCC(N(C)C(=O)CCC2CCCNC2)CC1. The van der Waals surface area contributed by atoms with Gasteiger partial charge in [0.25, 0.3) is 0 Å². The number of nitrogens with zero attached hydrogens (tertiary/aromatic N) is 2. The molecule has 1 atom stereocenters. The van der Waals surface area contributed by atoms with Crippen LogP contribution in [0.1, 0.15) is 45.4 Å². The Morgan fingerprint density at radius 2 is 2.05 bits per heavy atom. The van der Waals surface area contributed by atoms with Crippen molar-refractivity contribution >= 4 is 5.91 Å². The molecule has 0 saturated carbocycles. The smallest absolute Gasteiger partial charge is 0.222 e. The number of piperidine rings is 2. The molecular weight excluding hydrogens is 250 g/mol. The van der Waals surface area contributed by atoms with Gasteiger partial charge in [-0.3, -0.25) is 4.79 Å². The predicted molar refractivity (Wildman–Crippen MR) is 82.7 cm³/mol. The minimum atomic E-state index is 0.352. The number of hydrogen-bond acceptors (Lipinski definition) is 3. The average Bonchev–Trinajstić information content (AvgIpc) is 2.53. The summed E-state index contributed by atoms with van der Waals surface area (Å²) in [6.07, 6.45) is 6.63. The van der Waals surface area contributed by atoms with Gasteiger partial charge in [0.1, 0.15) is 0 Å². The molecule has 0 spiro atoms. The second-order valence-electron chi connectivity index (χ2n) is 6.42. The zero-order chi connectivity index (χ0) is 14.4. The second kappa shape index (κ2) is 7.99. The summed E-state index contributed by atoms with van der Waals surface area (Å²) in [6.45, 7) is 7.90. The summed E-state index contributed by atoms with van der Waals surface area (Å²) in [5.74, 6) is 1.06. The fourth-order valence-corrected chi connectivity index (χ4v) is 3.50. The number of nitrogens with one attached hydrogen (secondary N) is 1. The van der Waals surface area contributed by atoms with Gasteiger partial charge in [0.2, 0.25) is 5.91 Å². The Morgan fingerprint density at radius 1 is 1.30 bits per heavy atom. The van der Waals surface area contributed by atoms with Crippen LogP contribution in [0.3, 0.4) is 0 Å². The van der Waals surface area contributed by atoms with E-state index < -0.39 is 0 Å². The molecule has 0 radical (unpaired) electrons. The first-order chi connectivity index (χ1) is 9.70. The number of hydrogen-bond donors (Lipinski definition) is 1. The molecule has 2 aliphatic heterocycles. The molecule has 0 aromatic heterocycles. The van der Waals surface area contributed by atoms with Crippen molar-refractivity contribution in [2.75, 3.05) is 39.8 Å². The van der Waals surface area contributed by atoms with E-state index >= 15 is 0 Å². The Bertz CT molecular complexity index is 294. The molecule has 1 N–H and O–H groups in total. The molecule has 0 bridgehead atoms. The summed E-state index contributed by atoms with van der Waals surface area (Å²) < 4.78 is 0. The molecule has 20 heavy (non-hydrogen) atoms. The van der Waals surface area contributed by atoms with Crippen molar-refractivity contribution in [3.8, 4) is 0 Å². The minimum absolute atomic E-state index is 0.352. The average molecular weight is 281 g/mol. The summed E-state index contributed by atoms with van der Waals surface area (Å²) >= 11 is 0. The van der Waals surface area contributed by atoms with E-state index in [4.69, 9.17) is 0 Å². The van der Waals surface area contributed by atoms with E-state index in [2.05, 4.69) is 17.1 Å². The molecule has 2 rings (SSSR count). The van der Waals surface area contributed by atoms with Crippen LogP contribution in [-0.2, 0) is 4.79 Å². The Morgan fingerprint density at radius 3 is 2.65 bits per heavy atom. The third-order valence-corrected chi connectivity index (χ3v) is 5.11. The number of amides is 1. The molecular formula is C16H31N3O. The van der Waals surface area contributed by atoms with Crippen molar-refractivity contribution in [1.82, 2.24) is 15.1 Å². The van der Waals surface area contributed by atoms with E-state index in [0.717, 1.165) is 58.4 Å². The van der Waals surface area contributed by atoms with Gasteiger partial charge >= 0.3 is 0 Å². The van der Waals surface area contributed by atoms with Crippen molar-refractivity contribution in [2.45, 2.75) is 51.5 Å². The van der Waals surface area contributed by atoms with Gasteiger partial charge in [0, 0.05) is 32.6 Å². The van der Waals surface area contributed by atoms with Crippen LogP contribution in [0.4, 0.5) is 0 Å². The lowest BCUT2D eigenvalue weighted by Gasteiger charge is -2.36. The van der Waals surface area contributed by atoms with Crippen LogP contribution in [0, 0.1) is 5.92 Å². The lowest BCUT2D eigenvalue weighted by atomic mass is 9.94. The topological polar surface area (TPSA) is 35.6 Å². The second-order valence-corrected chi connectivity index (χ2v) is 6.42. The molecule has 2 saturated heterocycles. The van der Waals surface area contributed by atoms with Gasteiger partial charge in [0.05, 0.1) is 0 Å². The number of carbonyl (C=O) groups excluding carboxylic acids is 1. The van der Waals surface area contributed by atoms with Gasteiger partial charge in [-0.05, 0) is 57.7 Å². The van der Waals surface area contributed by atoms with Crippen LogP contribution in [0.25, 0.3) is 0 Å². The van der Waals surface area contributed by atoms with Crippen molar-refractivity contribution in [2.24, 2.45) is 5.92 Å². The molecule has 1 unspecified atom stereocenters. The lowest BCUT2D eigenvalue weighted by Crippen LogP contribution is -2.45. The maximum absolute atomic E-state index is 12.3. The highest BCUT2D eigenvalue weighted by Crippen LogP contribution is 2.19. The summed E-state index contributed by atoms with van der Waals surface area (Å²) in [4.78, 5) is 16.8. The van der Waals surface area contributed by atoms with Gasteiger partial charge in [-0.25, -0.2) is 0 Å². The Hall–Kier alpha value is -0.610. The maximum atomic E-state index is 12.3. The monoisotopic (exact) mass is 281 g/mol. The van der Waals surface area contributed by atoms with Gasteiger partial charge in [0.15, 0.2) is 0 Å². The van der Waals surface area contributed by atoms with Gasteiger partial charge in [-0.15, -0.1) is 0 Å². The highest BCUT2D eigenvalue weighted by molar-refractivity contribution is 5.76. The Kier molecular flexibility index (Phi) is 6.30. The number of likely N-dealkylation sites (tertiary alicyclic amines) is 1. The quantitative estimate of drug-likeness (QED) is 0.833. The lowest BCUT2D eigenvalue weighted by molar-refractivity contribution is -0.133. The third kappa shape index (κ3) is 4.45. The van der Waals surface area contributed by atoms with Crippen LogP contribution < -0.4 is 5.32 Å². The normalized spacial score (nSPS) is 25.6. The first kappa shape index (κ1) is 15.8. The molecule has 1 amide bonds. The molecule has 0 aliphatic carbocycles. The van der Waals surface area contributed by atoms with Gasteiger partial charge in [-0.2, -0.15) is 0 Å². The highest BCUT2D eigenvalue weighted by Gasteiger charge is 2.25. The summed E-state index contributed by atoms with van der Waals surface area (Å²) in [5.41, 5.74) is 0. The van der Waals surface area contributed by atoms with Crippen molar-refractivity contribution < 1.29 is 4.79 Å². The maximum Gasteiger partial charge on any atom is 0.222 e. The molecule has 2 aliphatic rings. The highest BCUT2D eigenvalue weighted by atomic mass is 16.2. The largest absolute Gasteiger partial charge is 0.343 e. The molecule has 4 nitrogen and oxygen atoms in total. The van der Waals surface area contributed by atoms with E-state index in [1.807, 2.05) is 11.9 Å². The molecule has 4 heteroatoms. The van der Waals surface area contributed by atoms with Crippen molar-refractivity contribution in [3.63, 3.8) is 0 Å². The van der Waals surface area contributed by atoms with Crippen molar-refractivity contribution in [3.05, 3.63) is 0 Å². The van der Waals surface area contributed by atoms with Crippen LogP contribution in [0.2, 0.25) is 0 Å². The fraction of sp³-hybridized carbons (Fsp3) is 0.938. The van der Waals surface area contributed by atoms with Gasteiger partial charge in [-0.1, -0.05) is 6.92 Å². The van der Waals surface area contributed by atoms with Crippen molar-refractivity contribution in [1.29, 1.82) is 0 Å². The summed E-state index contributed by atoms with van der Waals surface area (Å²) in [7, 11) is 2.01. The van der Waals surface area contributed by atoms with Gasteiger partial charge < -0.3 is 15.1 Å². The molecule has 2 fully saturated rings. The predicted octanol–water partition coefficient (Wildman–Crippen LogP) is 1.71. The zero-order valence-corrected chi connectivity index (χ0v) is 13.2. The Balaban J connectivity index is 1.69. The van der Waals surface area contributed by atoms with E-state index in [1.165, 1.54) is 12.8 Å². The molecule has 2 heterocycles. The van der Waals surface area contributed by atoms with Crippen LogP contribution in [0.5, 0.6) is 0 Å². The zero-order valence-electron chi connectivity index (χ0n) is 13.2. The van der Waals surface area contributed by atoms with Crippen LogP contribution >= 0.6 is 0 Å². The molecule has 0 aromatic carbocycles.